The van der Waals surface area contributed by atoms with Crippen LogP contribution in [0.3, 0.4) is 0 Å². The summed E-state index contributed by atoms with van der Waals surface area (Å²) in [6.45, 7) is 0.216. The molecular formula is C18H18ClN3O3. The van der Waals surface area contributed by atoms with Gasteiger partial charge in [-0.2, -0.15) is 0 Å². The molecule has 2 amide bonds. The van der Waals surface area contributed by atoms with Gasteiger partial charge in [-0.25, -0.2) is 0 Å². The molecule has 0 unspecified atom stereocenters. The monoisotopic (exact) mass is 359 g/mol. The Labute approximate surface area is 149 Å². The van der Waals surface area contributed by atoms with Crippen molar-refractivity contribution >= 4 is 23.4 Å². The maximum atomic E-state index is 12.6. The van der Waals surface area contributed by atoms with E-state index in [9.17, 15) is 14.4 Å². The van der Waals surface area contributed by atoms with E-state index >= 15 is 0 Å². The van der Waals surface area contributed by atoms with Gasteiger partial charge < -0.3 is 15.2 Å². The molecule has 130 valence electrons. The molecule has 2 aromatic rings. The van der Waals surface area contributed by atoms with Gasteiger partial charge in [0, 0.05) is 24.3 Å². The van der Waals surface area contributed by atoms with Gasteiger partial charge in [0.1, 0.15) is 5.56 Å². The van der Waals surface area contributed by atoms with Crippen LogP contribution in [0, 0.1) is 0 Å². The maximum absolute atomic E-state index is 12.6. The highest BCUT2D eigenvalue weighted by atomic mass is 35.5. The predicted molar refractivity (Wildman–Crippen MR) is 95.1 cm³/mol. The number of carbonyl (C=O) groups excluding carboxylic acids is 2. The van der Waals surface area contributed by atoms with Gasteiger partial charge in [-0.3, -0.25) is 14.4 Å². The zero-order valence-corrected chi connectivity index (χ0v) is 14.5. The van der Waals surface area contributed by atoms with Crippen LogP contribution in [-0.2, 0) is 6.54 Å². The number of hydrogen-bond acceptors (Lipinski definition) is 3. The van der Waals surface area contributed by atoms with E-state index in [0.717, 1.165) is 18.4 Å². The van der Waals surface area contributed by atoms with Gasteiger partial charge >= 0.3 is 0 Å². The van der Waals surface area contributed by atoms with Crippen LogP contribution >= 0.6 is 11.6 Å². The largest absolute Gasteiger partial charge is 0.355 e. The van der Waals surface area contributed by atoms with Gasteiger partial charge in [0.2, 0.25) is 0 Å². The third-order valence-corrected chi connectivity index (χ3v) is 4.21. The Bertz CT molecular complexity index is 887. The minimum absolute atomic E-state index is 0.0621. The second-order valence-corrected chi connectivity index (χ2v) is 6.47. The lowest BCUT2D eigenvalue weighted by Crippen LogP contribution is -2.34. The highest BCUT2D eigenvalue weighted by Crippen LogP contribution is 2.19. The lowest BCUT2D eigenvalue weighted by molar-refractivity contribution is 0.0950. The molecule has 25 heavy (non-hydrogen) atoms. The van der Waals surface area contributed by atoms with Crippen molar-refractivity contribution in [2.24, 2.45) is 0 Å². The third-order valence-electron chi connectivity index (χ3n) is 3.97. The van der Waals surface area contributed by atoms with E-state index < -0.39 is 11.5 Å². The van der Waals surface area contributed by atoms with Crippen LogP contribution in [0.1, 0.15) is 39.1 Å². The first-order chi connectivity index (χ1) is 12.0. The quantitative estimate of drug-likeness (QED) is 0.854. The van der Waals surface area contributed by atoms with Crippen LogP contribution in [0.2, 0.25) is 5.02 Å². The molecule has 0 spiro atoms. The van der Waals surface area contributed by atoms with Crippen molar-refractivity contribution in [2.45, 2.75) is 25.4 Å². The summed E-state index contributed by atoms with van der Waals surface area (Å²) in [6, 6.07) is 8.62. The summed E-state index contributed by atoms with van der Waals surface area (Å²) in [5.41, 5.74) is 0.569. The van der Waals surface area contributed by atoms with Crippen LogP contribution in [-0.4, -0.2) is 29.5 Å². The van der Waals surface area contributed by atoms with Gasteiger partial charge in [0.15, 0.2) is 0 Å². The summed E-state index contributed by atoms with van der Waals surface area (Å²) >= 11 is 5.99. The summed E-state index contributed by atoms with van der Waals surface area (Å²) in [4.78, 5) is 37.0. The number of halogens is 1. The molecule has 1 aromatic carbocycles. The molecule has 7 heteroatoms. The summed E-state index contributed by atoms with van der Waals surface area (Å²) in [6.07, 6.45) is 3.39. The summed E-state index contributed by atoms with van der Waals surface area (Å²) < 4.78 is 1.36. The molecule has 6 nitrogen and oxygen atoms in total. The normalized spacial score (nSPS) is 13.4. The van der Waals surface area contributed by atoms with E-state index in [1.54, 1.807) is 18.2 Å². The average molecular weight is 360 g/mol. The predicted octanol–water partition coefficient (Wildman–Crippen LogP) is 1.80. The van der Waals surface area contributed by atoms with Gasteiger partial charge in [-0.05, 0) is 36.6 Å². The Hall–Kier alpha value is -2.60. The molecule has 1 fully saturated rings. The molecule has 0 aliphatic heterocycles. The Morgan fingerprint density at radius 2 is 2.00 bits per heavy atom. The van der Waals surface area contributed by atoms with E-state index in [1.807, 2.05) is 6.07 Å². The number of carbonyl (C=O) groups is 2. The number of amides is 2. The molecule has 1 aliphatic rings. The van der Waals surface area contributed by atoms with Crippen molar-refractivity contribution in [1.29, 1.82) is 0 Å². The molecule has 1 heterocycles. The lowest BCUT2D eigenvalue weighted by Gasteiger charge is -2.12. The highest BCUT2D eigenvalue weighted by Gasteiger charge is 2.25. The van der Waals surface area contributed by atoms with Gasteiger partial charge in [-0.1, -0.05) is 23.7 Å². The second-order valence-electron chi connectivity index (χ2n) is 6.03. The van der Waals surface area contributed by atoms with Crippen LogP contribution in [0.5, 0.6) is 0 Å². The molecule has 1 saturated carbocycles. The van der Waals surface area contributed by atoms with Gasteiger partial charge in [-0.15, -0.1) is 0 Å². The number of benzene rings is 1. The van der Waals surface area contributed by atoms with E-state index in [4.69, 9.17) is 11.6 Å². The summed E-state index contributed by atoms with van der Waals surface area (Å²) in [5, 5.41) is 5.86. The van der Waals surface area contributed by atoms with Crippen molar-refractivity contribution in [3.8, 4) is 0 Å². The number of nitrogens with zero attached hydrogens (tertiary/aromatic N) is 1. The maximum Gasteiger partial charge on any atom is 0.263 e. The van der Waals surface area contributed by atoms with Crippen molar-refractivity contribution in [1.82, 2.24) is 15.2 Å². The molecule has 1 aromatic heterocycles. The molecule has 0 saturated heterocycles. The first kappa shape index (κ1) is 17.2. The third kappa shape index (κ3) is 4.09. The van der Waals surface area contributed by atoms with Gasteiger partial charge in [0.05, 0.1) is 12.1 Å². The first-order valence-corrected chi connectivity index (χ1v) is 8.37. The van der Waals surface area contributed by atoms with Crippen LogP contribution in [0.25, 0.3) is 0 Å². The van der Waals surface area contributed by atoms with Crippen molar-refractivity contribution in [3.63, 3.8) is 0 Å². The highest BCUT2D eigenvalue weighted by molar-refractivity contribution is 6.30. The Balaban J connectivity index is 2.00. The van der Waals surface area contributed by atoms with Crippen molar-refractivity contribution in [2.75, 3.05) is 7.05 Å². The average Bonchev–Trinajstić information content (AvgIpc) is 3.40. The zero-order chi connectivity index (χ0) is 18.0. The summed E-state index contributed by atoms with van der Waals surface area (Å²) in [7, 11) is 1.44. The van der Waals surface area contributed by atoms with E-state index in [0.29, 0.717) is 5.02 Å². The van der Waals surface area contributed by atoms with Crippen molar-refractivity contribution in [3.05, 3.63) is 68.6 Å². The molecule has 0 atom stereocenters. The fraction of sp³-hybridized carbons (Fsp3) is 0.278. The topological polar surface area (TPSA) is 80.2 Å². The van der Waals surface area contributed by atoms with Crippen LogP contribution < -0.4 is 16.2 Å². The number of rotatable bonds is 5. The number of aromatic nitrogens is 1. The Morgan fingerprint density at radius 1 is 1.24 bits per heavy atom. The standard InChI is InChI=1S/C18H18ClN3O3/c1-20-17(24)15-8-12(16(23)21-14-5-6-14)10-22(18(15)25)9-11-3-2-4-13(19)7-11/h2-4,7-8,10,14H,5-6,9H2,1H3,(H,20,24)(H,21,23). The fourth-order valence-electron chi connectivity index (χ4n) is 2.50. The molecule has 3 rings (SSSR count). The molecule has 1 aliphatic carbocycles. The summed E-state index contributed by atoms with van der Waals surface area (Å²) in [5.74, 6) is -0.807. The first-order valence-electron chi connectivity index (χ1n) is 8.00. The fourth-order valence-corrected chi connectivity index (χ4v) is 2.72. The molecular weight excluding hydrogens is 342 g/mol. The number of pyridine rings is 1. The van der Waals surface area contributed by atoms with Crippen LogP contribution in [0.15, 0.2) is 41.3 Å². The van der Waals surface area contributed by atoms with Crippen LogP contribution in [0.4, 0.5) is 0 Å². The molecule has 0 radical (unpaired) electrons. The smallest absolute Gasteiger partial charge is 0.263 e. The molecule has 2 N–H and O–H groups in total. The number of hydrogen-bond donors (Lipinski definition) is 2. The van der Waals surface area contributed by atoms with E-state index in [-0.39, 0.29) is 29.6 Å². The molecule has 0 bridgehead atoms. The lowest BCUT2D eigenvalue weighted by atomic mass is 10.1. The van der Waals surface area contributed by atoms with Gasteiger partial charge in [0.25, 0.3) is 17.4 Å². The van der Waals surface area contributed by atoms with Crippen molar-refractivity contribution < 1.29 is 9.59 Å². The SMILES string of the molecule is CNC(=O)c1cc(C(=O)NC2CC2)cn(Cc2cccc(Cl)c2)c1=O. The van der Waals surface area contributed by atoms with E-state index in [2.05, 4.69) is 10.6 Å². The minimum Gasteiger partial charge on any atom is -0.355 e. The Kier molecular flexibility index (Phi) is 4.90. The number of nitrogens with one attached hydrogen (secondary N) is 2. The zero-order valence-electron chi connectivity index (χ0n) is 13.7. The Morgan fingerprint density at radius 3 is 2.64 bits per heavy atom. The van der Waals surface area contributed by atoms with E-state index in [1.165, 1.54) is 23.9 Å². The minimum atomic E-state index is -0.522. The second kappa shape index (κ2) is 7.11.